The van der Waals surface area contributed by atoms with Crippen molar-refractivity contribution in [2.45, 2.75) is 37.8 Å². The molecule has 204 valence electrons. The molecule has 0 saturated carbocycles. The number of nitrogens with zero attached hydrogens (tertiary/aromatic N) is 3. The first-order chi connectivity index (χ1) is 18.5. The van der Waals surface area contributed by atoms with Crippen LogP contribution in [0.1, 0.15) is 36.0 Å². The van der Waals surface area contributed by atoms with Gasteiger partial charge in [-0.05, 0) is 81.2 Å². The lowest BCUT2D eigenvalue weighted by molar-refractivity contribution is -0.138. The van der Waals surface area contributed by atoms with E-state index in [1.54, 1.807) is 35.2 Å². The van der Waals surface area contributed by atoms with E-state index >= 15 is 0 Å². The number of nitrogens with one attached hydrogen (secondary N) is 2. The zero-order valence-electron chi connectivity index (χ0n) is 21.5. The minimum atomic E-state index is -0.476. The second kappa shape index (κ2) is 12.0. The number of hydrogen-bond acceptors (Lipinski definition) is 6. The maximum atomic E-state index is 14.6. The number of amides is 2. The topological polar surface area (TPSA) is 88.1 Å². The molecule has 0 aromatic heterocycles. The lowest BCUT2D eigenvalue weighted by Crippen LogP contribution is -2.56. The predicted molar refractivity (Wildman–Crippen MR) is 146 cm³/mol. The molecule has 3 saturated heterocycles. The molecule has 2 amide bonds. The van der Waals surface area contributed by atoms with E-state index in [1.807, 2.05) is 4.90 Å². The highest BCUT2D eigenvalue weighted by Gasteiger charge is 2.39. The first kappa shape index (κ1) is 26.9. The van der Waals surface area contributed by atoms with E-state index in [-0.39, 0.29) is 24.6 Å². The number of piperazine rings is 1. The molecule has 0 aliphatic carbocycles. The maximum Gasteiger partial charge on any atom is 0.256 e. The Morgan fingerprint density at radius 3 is 2.45 bits per heavy atom. The molecule has 1 unspecified atom stereocenters. The highest BCUT2D eigenvalue weighted by atomic mass is 35.5. The minimum absolute atomic E-state index is 0.0633. The second-order valence-electron chi connectivity index (χ2n) is 10.2. The van der Waals surface area contributed by atoms with Crippen LogP contribution in [0.3, 0.4) is 0 Å². The molecule has 0 bridgehead atoms. The lowest BCUT2D eigenvalue weighted by Gasteiger charge is -2.40. The first-order valence-electron chi connectivity index (χ1n) is 13.4. The quantitative estimate of drug-likeness (QED) is 0.486. The molecule has 2 aromatic rings. The Hall–Kier alpha value is -2.72. The van der Waals surface area contributed by atoms with Gasteiger partial charge in [0, 0.05) is 48.5 Å². The van der Waals surface area contributed by atoms with E-state index < -0.39 is 5.82 Å². The number of anilines is 1. The fraction of sp³-hybridized carbons (Fsp3) is 0.500. The average Bonchev–Trinajstić information content (AvgIpc) is 3.44. The van der Waals surface area contributed by atoms with Gasteiger partial charge < -0.3 is 25.5 Å². The Bertz CT molecular complexity index is 1170. The fourth-order valence-corrected chi connectivity index (χ4v) is 6.15. The highest BCUT2D eigenvalue weighted by Crippen LogP contribution is 2.30. The van der Waals surface area contributed by atoms with Gasteiger partial charge in [-0.2, -0.15) is 0 Å². The van der Waals surface area contributed by atoms with Gasteiger partial charge in [0.15, 0.2) is 0 Å². The Balaban J connectivity index is 1.27. The van der Waals surface area contributed by atoms with Crippen molar-refractivity contribution < 1.29 is 19.1 Å². The molecule has 2 aromatic carbocycles. The summed E-state index contributed by atoms with van der Waals surface area (Å²) in [5.41, 5.74) is 1.69. The minimum Gasteiger partial charge on any atom is -0.377 e. The van der Waals surface area contributed by atoms with Crippen molar-refractivity contribution in [2.75, 3.05) is 57.9 Å². The average molecular weight is 544 g/mol. The third-order valence-electron chi connectivity index (χ3n) is 8.00. The number of piperidine rings is 1. The molecule has 5 rings (SSSR count). The molecule has 0 radical (unpaired) electrons. The van der Waals surface area contributed by atoms with E-state index in [0.29, 0.717) is 59.6 Å². The van der Waals surface area contributed by atoms with Crippen molar-refractivity contribution in [1.82, 2.24) is 20.0 Å². The van der Waals surface area contributed by atoms with Gasteiger partial charge in [-0.25, -0.2) is 4.39 Å². The van der Waals surface area contributed by atoms with Crippen LogP contribution in [0.4, 0.5) is 10.1 Å². The van der Waals surface area contributed by atoms with Crippen LogP contribution in [0.2, 0.25) is 5.02 Å². The summed E-state index contributed by atoms with van der Waals surface area (Å²) in [6.07, 6.45) is 4.10. The number of aliphatic hydroxyl groups excluding tert-OH is 1. The summed E-state index contributed by atoms with van der Waals surface area (Å²) in [6.45, 7) is 4.44. The molecule has 3 aliphatic heterocycles. The molecule has 1 atom stereocenters. The monoisotopic (exact) mass is 543 g/mol. The number of halogens is 2. The first-order valence-corrected chi connectivity index (χ1v) is 13.8. The van der Waals surface area contributed by atoms with Crippen LogP contribution in [-0.2, 0) is 4.79 Å². The molecular formula is C28H35ClFN5O3. The number of likely N-dealkylation sites (tertiary alicyclic amines) is 1. The SMILES string of the molecule is O=C(c1cc(-c2ccc(Cl)cc2F)ccc1NCO)N1CCN(C(=O)C2CCCN2C2CCNCC2)CC1. The lowest BCUT2D eigenvalue weighted by atomic mass is 10.00. The van der Waals surface area contributed by atoms with Gasteiger partial charge in [0.2, 0.25) is 5.91 Å². The zero-order valence-corrected chi connectivity index (χ0v) is 22.2. The summed E-state index contributed by atoms with van der Waals surface area (Å²) < 4.78 is 14.6. The third-order valence-corrected chi connectivity index (χ3v) is 8.23. The van der Waals surface area contributed by atoms with E-state index in [2.05, 4.69) is 15.5 Å². The van der Waals surface area contributed by atoms with Gasteiger partial charge in [0.05, 0.1) is 11.6 Å². The molecule has 3 aliphatic rings. The van der Waals surface area contributed by atoms with Crippen molar-refractivity contribution in [2.24, 2.45) is 0 Å². The highest BCUT2D eigenvalue weighted by molar-refractivity contribution is 6.30. The normalized spacial score (nSPS) is 21.1. The number of hydrogen-bond donors (Lipinski definition) is 3. The van der Waals surface area contributed by atoms with Crippen LogP contribution in [-0.4, -0.2) is 96.2 Å². The van der Waals surface area contributed by atoms with E-state index in [4.69, 9.17) is 11.6 Å². The summed E-state index contributed by atoms with van der Waals surface area (Å²) in [5, 5.41) is 16.0. The number of rotatable bonds is 6. The van der Waals surface area contributed by atoms with Crippen LogP contribution in [0.15, 0.2) is 36.4 Å². The van der Waals surface area contributed by atoms with Crippen LogP contribution in [0.5, 0.6) is 0 Å². The molecule has 3 N–H and O–H groups in total. The number of benzene rings is 2. The zero-order chi connectivity index (χ0) is 26.6. The van der Waals surface area contributed by atoms with Crippen LogP contribution < -0.4 is 10.6 Å². The molecule has 10 heteroatoms. The summed E-state index contributed by atoms with van der Waals surface area (Å²) in [4.78, 5) is 33.1. The number of carbonyl (C=O) groups excluding carboxylic acids is 2. The Morgan fingerprint density at radius 2 is 1.74 bits per heavy atom. The summed E-state index contributed by atoms with van der Waals surface area (Å²) in [5.74, 6) is -0.520. The Kier molecular flexibility index (Phi) is 8.48. The standard InChI is InChI=1S/C28H35ClFN5O3/c29-20-4-5-22(24(30)17-20)19-3-6-25(32-18-36)23(16-19)27(37)33-12-14-34(15-13-33)28(38)26-2-1-11-35(26)21-7-9-31-10-8-21/h3-6,16-17,21,26,31-32,36H,1-2,7-15,18H2. The van der Waals surface area contributed by atoms with E-state index in [0.717, 1.165) is 45.3 Å². The van der Waals surface area contributed by atoms with Crippen LogP contribution >= 0.6 is 11.6 Å². The van der Waals surface area contributed by atoms with Crippen LogP contribution in [0.25, 0.3) is 11.1 Å². The second-order valence-corrected chi connectivity index (χ2v) is 10.7. The van der Waals surface area contributed by atoms with Crippen molar-refractivity contribution in [3.63, 3.8) is 0 Å². The van der Waals surface area contributed by atoms with Crippen molar-refractivity contribution in [3.8, 4) is 11.1 Å². The molecular weight excluding hydrogens is 509 g/mol. The maximum absolute atomic E-state index is 14.6. The smallest absolute Gasteiger partial charge is 0.256 e. The summed E-state index contributed by atoms with van der Waals surface area (Å²) >= 11 is 5.91. The Labute approximate surface area is 227 Å². The van der Waals surface area contributed by atoms with Gasteiger partial charge in [-0.15, -0.1) is 0 Å². The van der Waals surface area contributed by atoms with Gasteiger partial charge in [0.1, 0.15) is 12.5 Å². The molecule has 0 spiro atoms. The van der Waals surface area contributed by atoms with Gasteiger partial charge in [-0.3, -0.25) is 14.5 Å². The van der Waals surface area contributed by atoms with Gasteiger partial charge in [-0.1, -0.05) is 17.7 Å². The van der Waals surface area contributed by atoms with Crippen molar-refractivity contribution in [1.29, 1.82) is 0 Å². The largest absolute Gasteiger partial charge is 0.377 e. The summed E-state index contributed by atoms with van der Waals surface area (Å²) in [7, 11) is 0. The van der Waals surface area contributed by atoms with Gasteiger partial charge >= 0.3 is 0 Å². The van der Waals surface area contributed by atoms with Crippen molar-refractivity contribution in [3.05, 3.63) is 52.8 Å². The molecule has 3 fully saturated rings. The predicted octanol–water partition coefficient (Wildman–Crippen LogP) is 3.01. The molecule has 3 heterocycles. The number of aliphatic hydroxyl groups is 1. The Morgan fingerprint density at radius 1 is 1.00 bits per heavy atom. The molecule has 8 nitrogen and oxygen atoms in total. The number of carbonyl (C=O) groups is 2. The third kappa shape index (κ3) is 5.66. The van der Waals surface area contributed by atoms with E-state index in [9.17, 15) is 19.1 Å². The van der Waals surface area contributed by atoms with Crippen LogP contribution in [0, 0.1) is 5.82 Å². The van der Waals surface area contributed by atoms with Gasteiger partial charge in [0.25, 0.3) is 5.91 Å². The fourth-order valence-electron chi connectivity index (χ4n) is 5.99. The summed E-state index contributed by atoms with van der Waals surface area (Å²) in [6, 6.07) is 9.84. The van der Waals surface area contributed by atoms with Crippen molar-refractivity contribution >= 4 is 29.1 Å². The molecule has 38 heavy (non-hydrogen) atoms. The van der Waals surface area contributed by atoms with E-state index in [1.165, 1.54) is 6.07 Å².